The van der Waals surface area contributed by atoms with E-state index in [0.29, 0.717) is 33.8 Å². The van der Waals surface area contributed by atoms with Crippen molar-refractivity contribution in [3.8, 4) is 11.5 Å². The van der Waals surface area contributed by atoms with Gasteiger partial charge in [-0.3, -0.25) is 0 Å². The van der Waals surface area contributed by atoms with Gasteiger partial charge in [0.25, 0.3) is 0 Å². The lowest BCUT2D eigenvalue weighted by Gasteiger charge is -2.12. The lowest BCUT2D eigenvalue weighted by atomic mass is 10.2. The average molecular weight is 421 g/mol. The van der Waals surface area contributed by atoms with Crippen molar-refractivity contribution < 1.29 is 22.8 Å². The van der Waals surface area contributed by atoms with Gasteiger partial charge in [-0.25, -0.2) is 8.78 Å². The summed E-state index contributed by atoms with van der Waals surface area (Å²) in [5.41, 5.74) is 1.01. The van der Waals surface area contributed by atoms with Crippen molar-refractivity contribution >= 4 is 34.4 Å². The van der Waals surface area contributed by atoms with E-state index in [1.807, 2.05) is 6.92 Å². The minimum absolute atomic E-state index is 0.0148. The van der Waals surface area contributed by atoms with Gasteiger partial charge in [0.2, 0.25) is 0 Å². The third-order valence-electron chi connectivity index (χ3n) is 4.05. The molecule has 29 heavy (non-hydrogen) atoms. The Hall–Kier alpha value is -2.94. The molecule has 2 N–H and O–H groups in total. The van der Waals surface area contributed by atoms with Gasteiger partial charge in [0.1, 0.15) is 17.0 Å². The third-order valence-corrected chi connectivity index (χ3v) is 4.88. The van der Waals surface area contributed by atoms with Crippen LogP contribution in [-0.2, 0) is 0 Å². The molecule has 0 bridgehead atoms. The normalized spacial score (nSPS) is 11.2. The molecule has 0 aliphatic rings. The standard InChI is InChI=1S/C20H21F2N3O3S/c1-5-7-23-13-10-15-17(19(26-4)18(13)22)20(24-28-15)25-29-16-9-12(21)11(3)8-14(16)27-6-2/h5,7-10,23H,6H2,1-4H3,(H,24,25)/b7-5+. The highest BCUT2D eigenvalue weighted by Gasteiger charge is 2.22. The molecule has 0 saturated carbocycles. The monoisotopic (exact) mass is 421 g/mol. The number of halogens is 2. The molecular formula is C20H21F2N3O3S. The molecule has 0 radical (unpaired) electrons. The molecule has 0 aliphatic carbocycles. The summed E-state index contributed by atoms with van der Waals surface area (Å²) >= 11 is 1.08. The van der Waals surface area contributed by atoms with Gasteiger partial charge in [0.15, 0.2) is 23.0 Å². The lowest BCUT2D eigenvalue weighted by molar-refractivity contribution is 0.331. The van der Waals surface area contributed by atoms with Crippen LogP contribution < -0.4 is 19.5 Å². The molecule has 0 atom stereocenters. The van der Waals surface area contributed by atoms with Crippen molar-refractivity contribution in [1.82, 2.24) is 5.16 Å². The number of nitrogens with one attached hydrogen (secondary N) is 2. The molecule has 9 heteroatoms. The predicted molar refractivity (Wildman–Crippen MR) is 111 cm³/mol. The first-order valence-corrected chi connectivity index (χ1v) is 9.71. The zero-order valence-electron chi connectivity index (χ0n) is 16.4. The highest BCUT2D eigenvalue weighted by molar-refractivity contribution is 8.00. The largest absolute Gasteiger partial charge is 0.493 e. The van der Waals surface area contributed by atoms with Crippen LogP contribution in [0.1, 0.15) is 19.4 Å². The van der Waals surface area contributed by atoms with Crippen LogP contribution in [0.25, 0.3) is 11.0 Å². The zero-order valence-corrected chi connectivity index (χ0v) is 17.2. The predicted octanol–water partition coefficient (Wildman–Crippen LogP) is 5.89. The summed E-state index contributed by atoms with van der Waals surface area (Å²) in [6.45, 7) is 5.75. The molecule has 1 heterocycles. The number of fused-ring (bicyclic) bond motifs is 1. The second kappa shape index (κ2) is 9.04. The van der Waals surface area contributed by atoms with Crippen LogP contribution in [0, 0.1) is 18.6 Å². The maximum Gasteiger partial charge on any atom is 0.191 e. The third kappa shape index (κ3) is 4.24. The number of hydrogen-bond donors (Lipinski definition) is 2. The van der Waals surface area contributed by atoms with E-state index in [0.717, 1.165) is 11.9 Å². The summed E-state index contributed by atoms with van der Waals surface area (Å²) in [6, 6.07) is 4.49. The smallest absolute Gasteiger partial charge is 0.191 e. The van der Waals surface area contributed by atoms with Crippen LogP contribution in [0.3, 0.4) is 0 Å². The van der Waals surface area contributed by atoms with Gasteiger partial charge in [-0.2, -0.15) is 0 Å². The van der Waals surface area contributed by atoms with Gasteiger partial charge in [-0.05, 0) is 56.6 Å². The van der Waals surface area contributed by atoms with E-state index in [-0.39, 0.29) is 23.1 Å². The highest BCUT2D eigenvalue weighted by Crippen LogP contribution is 2.41. The van der Waals surface area contributed by atoms with E-state index in [2.05, 4.69) is 15.2 Å². The molecule has 0 unspecified atom stereocenters. The van der Waals surface area contributed by atoms with E-state index in [1.54, 1.807) is 32.2 Å². The number of aromatic nitrogens is 1. The zero-order chi connectivity index (χ0) is 21.0. The van der Waals surface area contributed by atoms with Crippen molar-refractivity contribution in [3.05, 3.63) is 47.7 Å². The van der Waals surface area contributed by atoms with E-state index in [1.165, 1.54) is 19.2 Å². The summed E-state index contributed by atoms with van der Waals surface area (Å²) in [7, 11) is 1.36. The summed E-state index contributed by atoms with van der Waals surface area (Å²) in [6.07, 6.45) is 3.33. The fraction of sp³-hybridized carbons (Fsp3) is 0.250. The first-order chi connectivity index (χ1) is 14.0. The average Bonchev–Trinajstić information content (AvgIpc) is 3.10. The van der Waals surface area contributed by atoms with Crippen LogP contribution in [0.2, 0.25) is 0 Å². The number of methoxy groups -OCH3 is 1. The minimum atomic E-state index is -0.578. The summed E-state index contributed by atoms with van der Waals surface area (Å²) in [5, 5.41) is 7.13. The van der Waals surface area contributed by atoms with Crippen LogP contribution in [0.4, 0.5) is 20.3 Å². The first kappa shape index (κ1) is 20.8. The van der Waals surface area contributed by atoms with Crippen molar-refractivity contribution in [2.75, 3.05) is 23.8 Å². The van der Waals surface area contributed by atoms with Crippen molar-refractivity contribution in [2.45, 2.75) is 25.7 Å². The molecule has 0 amide bonds. The van der Waals surface area contributed by atoms with Crippen molar-refractivity contribution in [2.24, 2.45) is 0 Å². The molecule has 0 saturated heterocycles. The van der Waals surface area contributed by atoms with Gasteiger partial charge >= 0.3 is 0 Å². The lowest BCUT2D eigenvalue weighted by Crippen LogP contribution is -1.99. The van der Waals surface area contributed by atoms with E-state index < -0.39 is 5.82 Å². The fourth-order valence-electron chi connectivity index (χ4n) is 2.67. The molecule has 3 aromatic rings. The Balaban J connectivity index is 1.96. The second-order valence-electron chi connectivity index (χ2n) is 6.01. The number of nitrogens with zero attached hydrogens (tertiary/aromatic N) is 1. The number of ether oxygens (including phenoxy) is 2. The van der Waals surface area contributed by atoms with Crippen LogP contribution in [0.5, 0.6) is 11.5 Å². The van der Waals surface area contributed by atoms with Crippen molar-refractivity contribution in [1.29, 1.82) is 0 Å². The van der Waals surface area contributed by atoms with E-state index >= 15 is 0 Å². The summed E-state index contributed by atoms with van der Waals surface area (Å²) in [4.78, 5) is 0.525. The molecule has 1 aromatic heterocycles. The number of aryl methyl sites for hydroxylation is 1. The van der Waals surface area contributed by atoms with Gasteiger partial charge in [0, 0.05) is 6.07 Å². The number of allylic oxidation sites excluding steroid dienone is 1. The SMILES string of the molecule is C/C=C/Nc1cc2onc(NSc3cc(F)c(C)cc3OCC)c2c(OC)c1F. The Morgan fingerprint density at radius 3 is 2.76 bits per heavy atom. The molecule has 154 valence electrons. The fourth-order valence-corrected chi connectivity index (χ4v) is 3.40. The minimum Gasteiger partial charge on any atom is -0.493 e. The second-order valence-corrected chi connectivity index (χ2v) is 6.85. The van der Waals surface area contributed by atoms with Gasteiger partial charge in [0.05, 0.1) is 24.3 Å². The molecule has 6 nitrogen and oxygen atoms in total. The Kier molecular flexibility index (Phi) is 6.48. The van der Waals surface area contributed by atoms with Gasteiger partial charge in [-0.1, -0.05) is 11.2 Å². The van der Waals surface area contributed by atoms with Crippen LogP contribution in [-0.4, -0.2) is 18.9 Å². The van der Waals surface area contributed by atoms with Gasteiger partial charge in [-0.15, -0.1) is 0 Å². The maximum atomic E-state index is 14.8. The number of benzene rings is 2. The van der Waals surface area contributed by atoms with Gasteiger partial charge < -0.3 is 24.0 Å². The van der Waals surface area contributed by atoms with E-state index in [4.69, 9.17) is 14.0 Å². The van der Waals surface area contributed by atoms with Crippen LogP contribution >= 0.6 is 11.9 Å². The Labute approximate surface area is 171 Å². The number of rotatable bonds is 8. The molecule has 0 fully saturated rings. The Morgan fingerprint density at radius 2 is 2.07 bits per heavy atom. The van der Waals surface area contributed by atoms with Crippen LogP contribution in [0.15, 0.2) is 39.9 Å². The topological polar surface area (TPSA) is 68.6 Å². The number of hydrogen-bond acceptors (Lipinski definition) is 7. The van der Waals surface area contributed by atoms with Crippen molar-refractivity contribution in [3.63, 3.8) is 0 Å². The molecular weight excluding hydrogens is 400 g/mol. The first-order valence-electron chi connectivity index (χ1n) is 8.89. The number of anilines is 2. The summed E-state index contributed by atoms with van der Waals surface area (Å²) in [5.74, 6) is -0.162. The Morgan fingerprint density at radius 1 is 1.28 bits per heavy atom. The quantitative estimate of drug-likeness (QED) is 0.440. The molecule has 2 aromatic carbocycles. The Bertz CT molecular complexity index is 1050. The maximum absolute atomic E-state index is 14.8. The molecule has 0 spiro atoms. The molecule has 0 aliphatic heterocycles. The summed E-state index contributed by atoms with van der Waals surface area (Å²) < 4.78 is 48.0. The van der Waals surface area contributed by atoms with E-state index in [9.17, 15) is 8.78 Å². The highest BCUT2D eigenvalue weighted by atomic mass is 32.2. The molecule has 3 rings (SSSR count).